The second-order valence-electron chi connectivity index (χ2n) is 4.46. The van der Waals surface area contributed by atoms with Gasteiger partial charge in [0.25, 0.3) is 0 Å². The van der Waals surface area contributed by atoms with E-state index in [2.05, 4.69) is 12.2 Å². The van der Waals surface area contributed by atoms with Gasteiger partial charge in [-0.05, 0) is 26.3 Å². The van der Waals surface area contributed by atoms with Crippen molar-refractivity contribution in [1.82, 2.24) is 5.32 Å². The number of hydrogen-bond acceptors (Lipinski definition) is 4. The number of carbonyl (C=O) groups is 1. The van der Waals surface area contributed by atoms with Gasteiger partial charge >= 0.3 is 5.97 Å². The average Bonchev–Trinajstić information content (AvgIpc) is 2.53. The monoisotopic (exact) mass is 259 g/mol. The quantitative estimate of drug-likeness (QED) is 0.588. The van der Waals surface area contributed by atoms with E-state index in [0.29, 0.717) is 23.7 Å². The molecule has 4 heteroatoms. The van der Waals surface area contributed by atoms with Crippen LogP contribution in [0.4, 0.5) is 0 Å². The molecule has 2 unspecified atom stereocenters. The van der Waals surface area contributed by atoms with Crippen molar-refractivity contribution in [3.8, 4) is 0 Å². The minimum absolute atomic E-state index is 0.0722. The summed E-state index contributed by atoms with van der Waals surface area (Å²) in [4.78, 5) is 11.4. The van der Waals surface area contributed by atoms with Crippen LogP contribution in [0.5, 0.6) is 0 Å². The zero-order valence-electron chi connectivity index (χ0n) is 11.0. The maximum Gasteiger partial charge on any atom is 0.315 e. The summed E-state index contributed by atoms with van der Waals surface area (Å²) in [7, 11) is 0. The lowest BCUT2D eigenvalue weighted by atomic mass is 10.1. The van der Waals surface area contributed by atoms with Gasteiger partial charge in [-0.25, -0.2) is 0 Å². The largest absolute Gasteiger partial charge is 0.465 e. The molecule has 0 heterocycles. The molecule has 0 amide bonds. The van der Waals surface area contributed by atoms with Crippen molar-refractivity contribution in [2.45, 2.75) is 57.2 Å². The molecule has 1 aliphatic rings. The van der Waals surface area contributed by atoms with E-state index >= 15 is 0 Å². The molecule has 0 spiro atoms. The van der Waals surface area contributed by atoms with Crippen LogP contribution in [0.15, 0.2) is 0 Å². The third-order valence-electron chi connectivity index (χ3n) is 3.14. The van der Waals surface area contributed by atoms with Crippen LogP contribution in [-0.2, 0) is 9.53 Å². The Labute approximate surface area is 109 Å². The third-order valence-corrected chi connectivity index (χ3v) is 4.53. The topological polar surface area (TPSA) is 38.3 Å². The van der Waals surface area contributed by atoms with E-state index < -0.39 is 0 Å². The van der Waals surface area contributed by atoms with Crippen LogP contribution < -0.4 is 5.32 Å². The molecule has 1 aliphatic carbocycles. The first-order valence-corrected chi connectivity index (χ1v) is 7.83. The SMILES string of the molecule is CCNC1CCCCCC1SCC(=O)OCC. The summed E-state index contributed by atoms with van der Waals surface area (Å²) in [5.41, 5.74) is 0. The van der Waals surface area contributed by atoms with Gasteiger partial charge in [0.2, 0.25) is 0 Å². The van der Waals surface area contributed by atoms with E-state index in [-0.39, 0.29) is 5.97 Å². The molecule has 17 heavy (non-hydrogen) atoms. The van der Waals surface area contributed by atoms with Gasteiger partial charge in [0.15, 0.2) is 0 Å². The number of esters is 1. The highest BCUT2D eigenvalue weighted by Gasteiger charge is 2.24. The minimum atomic E-state index is -0.0722. The van der Waals surface area contributed by atoms with Crippen LogP contribution in [0.25, 0.3) is 0 Å². The molecule has 100 valence electrons. The highest BCUT2D eigenvalue weighted by molar-refractivity contribution is 8.00. The summed E-state index contributed by atoms with van der Waals surface area (Å²) < 4.78 is 4.98. The fourth-order valence-electron chi connectivity index (χ4n) is 2.35. The van der Waals surface area contributed by atoms with Crippen molar-refractivity contribution in [2.24, 2.45) is 0 Å². The average molecular weight is 259 g/mol. The van der Waals surface area contributed by atoms with Crippen LogP contribution in [0.2, 0.25) is 0 Å². The van der Waals surface area contributed by atoms with Gasteiger partial charge in [0.1, 0.15) is 0 Å². The van der Waals surface area contributed by atoms with Crippen LogP contribution in [0.1, 0.15) is 46.0 Å². The highest BCUT2D eigenvalue weighted by Crippen LogP contribution is 2.27. The number of nitrogens with one attached hydrogen (secondary N) is 1. The van der Waals surface area contributed by atoms with Crippen molar-refractivity contribution in [1.29, 1.82) is 0 Å². The molecule has 1 rings (SSSR count). The third kappa shape index (κ3) is 5.77. The summed E-state index contributed by atoms with van der Waals surface area (Å²) >= 11 is 1.77. The second kappa shape index (κ2) is 8.81. The zero-order valence-corrected chi connectivity index (χ0v) is 11.9. The molecule has 3 nitrogen and oxygen atoms in total. The highest BCUT2D eigenvalue weighted by atomic mass is 32.2. The first-order chi connectivity index (χ1) is 8.27. The van der Waals surface area contributed by atoms with Gasteiger partial charge in [-0.15, -0.1) is 11.8 Å². The Kier molecular flexibility index (Phi) is 7.69. The standard InChI is InChI=1S/C13H25NO2S/c1-3-14-11-8-6-5-7-9-12(11)17-10-13(15)16-4-2/h11-12,14H,3-10H2,1-2H3. The zero-order chi connectivity index (χ0) is 12.5. The van der Waals surface area contributed by atoms with E-state index in [1.54, 1.807) is 11.8 Å². The Morgan fingerprint density at radius 3 is 2.76 bits per heavy atom. The Bertz CT molecular complexity index is 223. The summed E-state index contributed by atoms with van der Waals surface area (Å²) in [6.45, 7) is 5.51. The van der Waals surface area contributed by atoms with E-state index in [0.717, 1.165) is 6.54 Å². The Hall–Kier alpha value is -0.220. The van der Waals surface area contributed by atoms with Crippen molar-refractivity contribution < 1.29 is 9.53 Å². The second-order valence-corrected chi connectivity index (χ2v) is 5.68. The minimum Gasteiger partial charge on any atom is -0.465 e. The lowest BCUT2D eigenvalue weighted by Crippen LogP contribution is -2.37. The van der Waals surface area contributed by atoms with Gasteiger partial charge in [-0.1, -0.05) is 26.2 Å². The molecule has 2 atom stereocenters. The van der Waals surface area contributed by atoms with Crippen LogP contribution in [-0.4, -0.2) is 36.2 Å². The molecule has 1 saturated carbocycles. The fraction of sp³-hybridized carbons (Fsp3) is 0.923. The lowest BCUT2D eigenvalue weighted by Gasteiger charge is -2.25. The molecule has 0 bridgehead atoms. The van der Waals surface area contributed by atoms with E-state index in [9.17, 15) is 4.79 Å². The smallest absolute Gasteiger partial charge is 0.315 e. The lowest BCUT2D eigenvalue weighted by molar-refractivity contribution is -0.139. The molecule has 0 aromatic carbocycles. The summed E-state index contributed by atoms with van der Waals surface area (Å²) in [6, 6.07) is 0.571. The molecule has 0 aromatic rings. The van der Waals surface area contributed by atoms with Gasteiger partial charge in [-0.3, -0.25) is 4.79 Å². The molecule has 1 fully saturated rings. The van der Waals surface area contributed by atoms with Crippen LogP contribution in [0.3, 0.4) is 0 Å². The maximum absolute atomic E-state index is 11.4. The predicted octanol–water partition coefficient (Wildman–Crippen LogP) is 2.59. The van der Waals surface area contributed by atoms with Crippen molar-refractivity contribution in [2.75, 3.05) is 18.9 Å². The molecule has 0 aliphatic heterocycles. The number of hydrogen-bond donors (Lipinski definition) is 1. The van der Waals surface area contributed by atoms with Gasteiger partial charge < -0.3 is 10.1 Å². The first kappa shape index (κ1) is 14.8. The molecular formula is C13H25NO2S. The summed E-state index contributed by atoms with van der Waals surface area (Å²) in [5.74, 6) is 0.428. The Morgan fingerprint density at radius 1 is 1.29 bits per heavy atom. The number of carbonyl (C=O) groups excluding carboxylic acids is 1. The Balaban J connectivity index is 2.37. The van der Waals surface area contributed by atoms with E-state index in [1.807, 2.05) is 6.92 Å². The molecule has 0 aromatic heterocycles. The Morgan fingerprint density at radius 2 is 2.06 bits per heavy atom. The molecule has 1 N–H and O–H groups in total. The van der Waals surface area contributed by atoms with Gasteiger partial charge in [-0.2, -0.15) is 0 Å². The van der Waals surface area contributed by atoms with Crippen LogP contribution in [0, 0.1) is 0 Å². The predicted molar refractivity (Wildman–Crippen MR) is 73.4 cm³/mol. The van der Waals surface area contributed by atoms with Crippen LogP contribution >= 0.6 is 11.8 Å². The first-order valence-electron chi connectivity index (χ1n) is 6.78. The van der Waals surface area contributed by atoms with E-state index in [4.69, 9.17) is 4.74 Å². The van der Waals surface area contributed by atoms with Crippen molar-refractivity contribution >= 4 is 17.7 Å². The maximum atomic E-state index is 11.4. The fourth-order valence-corrected chi connectivity index (χ4v) is 3.58. The van der Waals surface area contributed by atoms with Gasteiger partial charge in [0, 0.05) is 11.3 Å². The molecule has 0 saturated heterocycles. The van der Waals surface area contributed by atoms with Gasteiger partial charge in [0.05, 0.1) is 12.4 Å². The molecular weight excluding hydrogens is 234 g/mol. The summed E-state index contributed by atoms with van der Waals surface area (Å²) in [5, 5.41) is 4.13. The van der Waals surface area contributed by atoms with Crippen molar-refractivity contribution in [3.05, 3.63) is 0 Å². The number of rotatable bonds is 6. The summed E-state index contributed by atoms with van der Waals surface area (Å²) in [6.07, 6.45) is 6.41. The number of ether oxygens (including phenoxy) is 1. The van der Waals surface area contributed by atoms with Crippen molar-refractivity contribution in [3.63, 3.8) is 0 Å². The normalized spacial score (nSPS) is 25.3. The molecule has 0 radical (unpaired) electrons. The number of thioether (sulfide) groups is 1. The van der Waals surface area contributed by atoms with E-state index in [1.165, 1.54) is 32.1 Å².